The molecule has 138 valence electrons. The van der Waals surface area contributed by atoms with Gasteiger partial charge in [-0.05, 0) is 49.2 Å². The summed E-state index contributed by atoms with van der Waals surface area (Å²) >= 11 is 0. The number of carbonyl (C=O) groups excluding carboxylic acids is 1. The highest BCUT2D eigenvalue weighted by molar-refractivity contribution is 5.87. The van der Waals surface area contributed by atoms with Crippen LogP contribution >= 0.6 is 0 Å². The van der Waals surface area contributed by atoms with E-state index in [1.807, 2.05) is 50.2 Å². The quantitative estimate of drug-likeness (QED) is 0.861. The van der Waals surface area contributed by atoms with Crippen LogP contribution in [-0.2, 0) is 16.8 Å². The average Bonchev–Trinajstić information content (AvgIpc) is 3.13. The van der Waals surface area contributed by atoms with E-state index in [4.69, 9.17) is 18.9 Å². The summed E-state index contributed by atoms with van der Waals surface area (Å²) in [4.78, 5) is 12.8. The third kappa shape index (κ3) is 3.40. The van der Waals surface area contributed by atoms with Crippen LogP contribution in [0.1, 0.15) is 25.0 Å². The second-order valence-corrected chi connectivity index (χ2v) is 6.57. The zero-order valence-corrected chi connectivity index (χ0v) is 15.4. The van der Waals surface area contributed by atoms with Crippen molar-refractivity contribution in [2.45, 2.75) is 25.8 Å². The standard InChI is InChI=1S/C20H23NO5/c1-20(2,14-6-8-16-18(10-14)26-12-25-16)19(22)21-11-13-5-7-15(23-3)17(9-13)24-4/h5-10H,11-12H2,1-4H3,(H,21,22). The summed E-state index contributed by atoms with van der Waals surface area (Å²) in [6, 6.07) is 11.2. The Hall–Kier alpha value is -2.89. The van der Waals surface area contributed by atoms with Crippen molar-refractivity contribution in [1.29, 1.82) is 0 Å². The first-order chi connectivity index (χ1) is 12.5. The Bertz CT molecular complexity index is 816. The summed E-state index contributed by atoms with van der Waals surface area (Å²) in [5.41, 5.74) is 1.08. The van der Waals surface area contributed by atoms with E-state index in [0.29, 0.717) is 29.5 Å². The minimum absolute atomic E-state index is 0.0776. The van der Waals surface area contributed by atoms with Gasteiger partial charge in [0.2, 0.25) is 12.7 Å². The third-order valence-electron chi connectivity index (χ3n) is 4.56. The predicted octanol–water partition coefficient (Wildman–Crippen LogP) is 3.03. The molecular formula is C20H23NO5. The van der Waals surface area contributed by atoms with E-state index in [0.717, 1.165) is 11.1 Å². The van der Waals surface area contributed by atoms with Gasteiger partial charge in [-0.2, -0.15) is 0 Å². The zero-order valence-electron chi connectivity index (χ0n) is 15.4. The van der Waals surface area contributed by atoms with Gasteiger partial charge in [0, 0.05) is 6.54 Å². The Kier molecular flexibility index (Phi) is 4.93. The van der Waals surface area contributed by atoms with Gasteiger partial charge in [-0.15, -0.1) is 0 Å². The van der Waals surface area contributed by atoms with Gasteiger partial charge in [0.1, 0.15) is 0 Å². The van der Waals surface area contributed by atoms with Gasteiger partial charge in [-0.1, -0.05) is 12.1 Å². The molecule has 0 unspecified atom stereocenters. The number of benzene rings is 2. The number of hydrogen-bond donors (Lipinski definition) is 1. The minimum atomic E-state index is -0.711. The Labute approximate surface area is 153 Å². The number of nitrogens with one attached hydrogen (secondary N) is 1. The fraction of sp³-hybridized carbons (Fsp3) is 0.350. The third-order valence-corrected chi connectivity index (χ3v) is 4.56. The maximum absolute atomic E-state index is 12.8. The molecule has 0 aliphatic carbocycles. The van der Waals surface area contributed by atoms with E-state index in [1.54, 1.807) is 14.2 Å². The van der Waals surface area contributed by atoms with Crippen LogP contribution in [0, 0.1) is 0 Å². The zero-order chi connectivity index (χ0) is 18.7. The Morgan fingerprint density at radius 1 is 1.04 bits per heavy atom. The smallest absolute Gasteiger partial charge is 0.231 e. The molecule has 1 aliphatic rings. The van der Waals surface area contributed by atoms with Crippen molar-refractivity contribution < 1.29 is 23.7 Å². The number of hydrogen-bond acceptors (Lipinski definition) is 5. The molecule has 1 N–H and O–H groups in total. The summed E-state index contributed by atoms with van der Waals surface area (Å²) < 4.78 is 21.3. The number of rotatable bonds is 6. The van der Waals surface area contributed by atoms with Crippen molar-refractivity contribution in [1.82, 2.24) is 5.32 Å². The van der Waals surface area contributed by atoms with Crippen LogP contribution in [0.3, 0.4) is 0 Å². The molecule has 26 heavy (non-hydrogen) atoms. The lowest BCUT2D eigenvalue weighted by molar-refractivity contribution is -0.125. The first-order valence-electron chi connectivity index (χ1n) is 8.35. The molecule has 0 atom stereocenters. The van der Waals surface area contributed by atoms with Crippen molar-refractivity contribution in [2.75, 3.05) is 21.0 Å². The normalized spacial score (nSPS) is 12.6. The Morgan fingerprint density at radius 2 is 1.77 bits per heavy atom. The van der Waals surface area contributed by atoms with Gasteiger partial charge in [0.15, 0.2) is 23.0 Å². The highest BCUT2D eigenvalue weighted by Crippen LogP contribution is 2.36. The predicted molar refractivity (Wildman–Crippen MR) is 97.0 cm³/mol. The lowest BCUT2D eigenvalue weighted by atomic mass is 9.83. The lowest BCUT2D eigenvalue weighted by Gasteiger charge is -2.24. The monoisotopic (exact) mass is 357 g/mol. The highest BCUT2D eigenvalue weighted by atomic mass is 16.7. The molecule has 0 radical (unpaired) electrons. The molecule has 0 bridgehead atoms. The van der Waals surface area contributed by atoms with Crippen LogP contribution in [0.4, 0.5) is 0 Å². The Balaban J connectivity index is 1.71. The molecule has 1 heterocycles. The first-order valence-corrected chi connectivity index (χ1v) is 8.35. The highest BCUT2D eigenvalue weighted by Gasteiger charge is 2.31. The SMILES string of the molecule is COc1ccc(CNC(=O)C(C)(C)c2ccc3c(c2)OCO3)cc1OC. The fourth-order valence-corrected chi connectivity index (χ4v) is 2.81. The second-order valence-electron chi connectivity index (χ2n) is 6.57. The van der Waals surface area contributed by atoms with Crippen molar-refractivity contribution in [2.24, 2.45) is 0 Å². The molecule has 2 aromatic rings. The lowest BCUT2D eigenvalue weighted by Crippen LogP contribution is -2.39. The van der Waals surface area contributed by atoms with Crippen LogP contribution in [0.25, 0.3) is 0 Å². The van der Waals surface area contributed by atoms with Crippen LogP contribution in [-0.4, -0.2) is 26.9 Å². The van der Waals surface area contributed by atoms with Gasteiger partial charge < -0.3 is 24.3 Å². The van der Waals surface area contributed by atoms with E-state index in [1.165, 1.54) is 0 Å². The van der Waals surface area contributed by atoms with Crippen LogP contribution in [0.2, 0.25) is 0 Å². The van der Waals surface area contributed by atoms with Crippen LogP contribution in [0.15, 0.2) is 36.4 Å². The molecule has 3 rings (SSSR count). The second kappa shape index (κ2) is 7.15. The number of fused-ring (bicyclic) bond motifs is 1. The molecule has 6 nitrogen and oxygen atoms in total. The van der Waals surface area contributed by atoms with Crippen LogP contribution < -0.4 is 24.3 Å². The van der Waals surface area contributed by atoms with Gasteiger partial charge in [-0.25, -0.2) is 0 Å². The maximum atomic E-state index is 12.8. The van der Waals surface area contributed by atoms with Gasteiger partial charge in [0.05, 0.1) is 19.6 Å². The molecule has 1 amide bonds. The number of methoxy groups -OCH3 is 2. The molecule has 0 saturated heterocycles. The van der Waals surface area contributed by atoms with E-state index in [9.17, 15) is 4.79 Å². The summed E-state index contributed by atoms with van der Waals surface area (Å²) in [5.74, 6) is 2.59. The molecule has 2 aromatic carbocycles. The van der Waals surface area contributed by atoms with Gasteiger partial charge in [0.25, 0.3) is 0 Å². The van der Waals surface area contributed by atoms with E-state index >= 15 is 0 Å². The van der Waals surface area contributed by atoms with Crippen molar-refractivity contribution >= 4 is 5.91 Å². The van der Waals surface area contributed by atoms with Gasteiger partial charge >= 0.3 is 0 Å². The largest absolute Gasteiger partial charge is 0.493 e. The molecule has 0 saturated carbocycles. The average molecular weight is 357 g/mol. The van der Waals surface area contributed by atoms with E-state index in [-0.39, 0.29) is 12.7 Å². The summed E-state index contributed by atoms with van der Waals surface area (Å²) in [5, 5.41) is 2.99. The molecule has 1 aliphatic heterocycles. The van der Waals surface area contributed by atoms with Gasteiger partial charge in [-0.3, -0.25) is 4.79 Å². The molecule has 0 fully saturated rings. The Morgan fingerprint density at radius 3 is 2.50 bits per heavy atom. The number of ether oxygens (including phenoxy) is 4. The summed E-state index contributed by atoms with van der Waals surface area (Å²) in [6.45, 7) is 4.38. The molecular weight excluding hydrogens is 334 g/mol. The number of amides is 1. The molecule has 0 aromatic heterocycles. The minimum Gasteiger partial charge on any atom is -0.493 e. The summed E-state index contributed by atoms with van der Waals surface area (Å²) in [7, 11) is 3.18. The van der Waals surface area contributed by atoms with E-state index in [2.05, 4.69) is 5.32 Å². The summed E-state index contributed by atoms with van der Waals surface area (Å²) in [6.07, 6.45) is 0. The maximum Gasteiger partial charge on any atom is 0.231 e. The van der Waals surface area contributed by atoms with Crippen molar-refractivity contribution in [3.8, 4) is 23.0 Å². The molecule has 6 heteroatoms. The topological polar surface area (TPSA) is 66.0 Å². The van der Waals surface area contributed by atoms with Crippen molar-refractivity contribution in [3.63, 3.8) is 0 Å². The molecule has 0 spiro atoms. The number of carbonyl (C=O) groups is 1. The fourth-order valence-electron chi connectivity index (χ4n) is 2.81. The van der Waals surface area contributed by atoms with Crippen LogP contribution in [0.5, 0.6) is 23.0 Å². The first kappa shape index (κ1) is 17.9. The van der Waals surface area contributed by atoms with Crippen molar-refractivity contribution in [3.05, 3.63) is 47.5 Å². The van der Waals surface area contributed by atoms with E-state index < -0.39 is 5.41 Å².